The molecule has 23 heavy (non-hydrogen) atoms. The van der Waals surface area contributed by atoms with Gasteiger partial charge in [-0.3, -0.25) is 14.9 Å². The highest BCUT2D eigenvalue weighted by molar-refractivity contribution is 5.94. The second-order valence-electron chi connectivity index (χ2n) is 5.84. The molecule has 1 aromatic carbocycles. The van der Waals surface area contributed by atoms with Crippen LogP contribution < -0.4 is 15.4 Å². The van der Waals surface area contributed by atoms with Crippen LogP contribution >= 0.6 is 0 Å². The number of hydrogen-bond acceptors (Lipinski definition) is 5. The molecule has 0 spiro atoms. The first kappa shape index (κ1) is 19.0. The molecule has 0 radical (unpaired) electrons. The van der Waals surface area contributed by atoms with Crippen molar-refractivity contribution in [2.24, 2.45) is 5.92 Å². The lowest BCUT2D eigenvalue weighted by atomic mass is 10.0. The summed E-state index contributed by atoms with van der Waals surface area (Å²) in [7, 11) is 2.89. The van der Waals surface area contributed by atoms with E-state index in [1.807, 2.05) is 32.9 Å². The molecule has 0 heterocycles. The quantitative estimate of drug-likeness (QED) is 0.717. The van der Waals surface area contributed by atoms with E-state index < -0.39 is 6.04 Å². The molecule has 6 nitrogen and oxygen atoms in total. The maximum atomic E-state index is 12.1. The molecule has 0 unspecified atom stereocenters. The van der Waals surface area contributed by atoms with Gasteiger partial charge >= 0.3 is 5.97 Å². The number of aryl methyl sites for hydroxylation is 1. The van der Waals surface area contributed by atoms with Gasteiger partial charge in [0, 0.05) is 0 Å². The van der Waals surface area contributed by atoms with Crippen molar-refractivity contribution in [3.63, 3.8) is 0 Å². The highest BCUT2D eigenvalue weighted by Gasteiger charge is 2.21. The predicted octanol–water partition coefficient (Wildman–Crippen LogP) is 2.12. The van der Waals surface area contributed by atoms with E-state index in [-0.39, 0.29) is 18.4 Å². The highest BCUT2D eigenvalue weighted by atomic mass is 16.5. The Labute approximate surface area is 137 Å². The Kier molecular flexibility index (Phi) is 7.54. The number of anilines is 1. The Balaban J connectivity index is 2.65. The van der Waals surface area contributed by atoms with Crippen molar-refractivity contribution in [1.82, 2.24) is 5.32 Å². The van der Waals surface area contributed by atoms with E-state index in [0.29, 0.717) is 23.8 Å². The lowest BCUT2D eigenvalue weighted by molar-refractivity contribution is -0.143. The standard InChI is InChI=1S/C17H26N2O4/c1-11(2)8-14(17(21)23-5)18-10-16(20)19-13-9-12(3)6-7-15(13)22-4/h6-7,9,11,14,18H,8,10H2,1-5H3,(H,19,20)/t14-/m0/s1. The molecule has 128 valence electrons. The molecule has 6 heteroatoms. The number of carbonyl (C=O) groups excluding carboxylic acids is 2. The molecule has 2 N–H and O–H groups in total. The van der Waals surface area contributed by atoms with Crippen molar-refractivity contribution >= 4 is 17.6 Å². The van der Waals surface area contributed by atoms with Crippen LogP contribution in [0.25, 0.3) is 0 Å². The van der Waals surface area contributed by atoms with Crippen LogP contribution in [-0.2, 0) is 14.3 Å². The molecule has 0 saturated carbocycles. The second-order valence-corrected chi connectivity index (χ2v) is 5.84. The molecular formula is C17H26N2O4. The number of rotatable bonds is 8. The second kappa shape index (κ2) is 9.15. The summed E-state index contributed by atoms with van der Waals surface area (Å²) < 4.78 is 9.99. The third-order valence-corrected chi connectivity index (χ3v) is 3.33. The van der Waals surface area contributed by atoms with Crippen LogP contribution in [0.1, 0.15) is 25.8 Å². The number of esters is 1. The first-order valence-corrected chi connectivity index (χ1v) is 7.63. The number of carbonyl (C=O) groups is 2. The molecule has 1 aromatic rings. The van der Waals surface area contributed by atoms with Crippen molar-refractivity contribution in [1.29, 1.82) is 0 Å². The van der Waals surface area contributed by atoms with Crippen molar-refractivity contribution in [2.75, 3.05) is 26.1 Å². The van der Waals surface area contributed by atoms with Gasteiger partial charge in [0.15, 0.2) is 0 Å². The topological polar surface area (TPSA) is 76.7 Å². The summed E-state index contributed by atoms with van der Waals surface area (Å²) in [6.07, 6.45) is 0.605. The Morgan fingerprint density at radius 1 is 1.22 bits per heavy atom. The molecular weight excluding hydrogens is 296 g/mol. The number of amides is 1. The molecule has 1 rings (SSSR count). The summed E-state index contributed by atoms with van der Waals surface area (Å²) in [5, 5.41) is 5.74. The minimum absolute atomic E-state index is 0.0174. The van der Waals surface area contributed by atoms with Crippen LogP contribution in [0.2, 0.25) is 0 Å². The summed E-state index contributed by atoms with van der Waals surface area (Å²) in [4.78, 5) is 23.8. The summed E-state index contributed by atoms with van der Waals surface area (Å²) in [5.41, 5.74) is 1.62. The van der Waals surface area contributed by atoms with Crippen molar-refractivity contribution in [2.45, 2.75) is 33.2 Å². The molecule has 1 amide bonds. The van der Waals surface area contributed by atoms with E-state index in [2.05, 4.69) is 10.6 Å². The number of ether oxygens (including phenoxy) is 2. The largest absolute Gasteiger partial charge is 0.495 e. The molecule has 0 fully saturated rings. The van der Waals surface area contributed by atoms with Crippen LogP contribution in [0.5, 0.6) is 5.75 Å². The smallest absolute Gasteiger partial charge is 0.322 e. The first-order valence-electron chi connectivity index (χ1n) is 7.63. The van der Waals surface area contributed by atoms with Gasteiger partial charge in [-0.1, -0.05) is 19.9 Å². The van der Waals surface area contributed by atoms with E-state index in [1.165, 1.54) is 7.11 Å². The van der Waals surface area contributed by atoms with Gasteiger partial charge in [0.2, 0.25) is 5.91 Å². The van der Waals surface area contributed by atoms with Gasteiger partial charge in [0.1, 0.15) is 11.8 Å². The summed E-state index contributed by atoms with van der Waals surface area (Å²) in [5.74, 6) is 0.299. The normalized spacial score (nSPS) is 11.9. The zero-order chi connectivity index (χ0) is 17.4. The summed E-state index contributed by atoms with van der Waals surface area (Å²) in [6.45, 7) is 5.97. The van der Waals surface area contributed by atoms with Crippen LogP contribution in [0.4, 0.5) is 5.69 Å². The van der Waals surface area contributed by atoms with Gasteiger partial charge in [-0.25, -0.2) is 0 Å². The van der Waals surface area contributed by atoms with E-state index in [4.69, 9.17) is 9.47 Å². The third-order valence-electron chi connectivity index (χ3n) is 3.33. The van der Waals surface area contributed by atoms with Crippen LogP contribution in [0.15, 0.2) is 18.2 Å². The van der Waals surface area contributed by atoms with E-state index in [1.54, 1.807) is 13.2 Å². The maximum absolute atomic E-state index is 12.1. The molecule has 0 aliphatic rings. The van der Waals surface area contributed by atoms with Crippen molar-refractivity contribution in [3.8, 4) is 5.75 Å². The lowest BCUT2D eigenvalue weighted by Gasteiger charge is -2.18. The summed E-state index contributed by atoms with van der Waals surface area (Å²) >= 11 is 0. The average Bonchev–Trinajstić information content (AvgIpc) is 2.50. The molecule has 0 aromatic heterocycles. The fraction of sp³-hybridized carbons (Fsp3) is 0.529. The lowest BCUT2D eigenvalue weighted by Crippen LogP contribution is -2.42. The van der Waals surface area contributed by atoms with Crippen molar-refractivity contribution < 1.29 is 19.1 Å². The van der Waals surface area contributed by atoms with Crippen LogP contribution in [0.3, 0.4) is 0 Å². The fourth-order valence-electron chi connectivity index (χ4n) is 2.21. The third kappa shape index (κ3) is 6.28. The van der Waals surface area contributed by atoms with Gasteiger partial charge in [-0.2, -0.15) is 0 Å². The Morgan fingerprint density at radius 3 is 2.48 bits per heavy atom. The zero-order valence-corrected chi connectivity index (χ0v) is 14.4. The number of methoxy groups -OCH3 is 2. The minimum atomic E-state index is -0.495. The number of nitrogens with one attached hydrogen (secondary N) is 2. The minimum Gasteiger partial charge on any atom is -0.495 e. The van der Waals surface area contributed by atoms with Gasteiger partial charge in [0.25, 0.3) is 0 Å². The van der Waals surface area contributed by atoms with Gasteiger partial charge < -0.3 is 14.8 Å². The number of hydrogen-bond donors (Lipinski definition) is 2. The Bertz CT molecular complexity index is 543. The number of benzene rings is 1. The van der Waals surface area contributed by atoms with Crippen molar-refractivity contribution in [3.05, 3.63) is 23.8 Å². The predicted molar refractivity (Wildman–Crippen MR) is 89.6 cm³/mol. The SMILES string of the molecule is COC(=O)[C@H](CC(C)C)NCC(=O)Nc1cc(C)ccc1OC. The molecule has 0 aliphatic heterocycles. The van der Waals surface area contributed by atoms with E-state index in [9.17, 15) is 9.59 Å². The monoisotopic (exact) mass is 322 g/mol. The summed E-state index contributed by atoms with van der Waals surface area (Å²) in [6, 6.07) is 5.05. The Hall–Kier alpha value is -2.08. The molecule has 0 aliphatic carbocycles. The molecule has 1 atom stereocenters. The zero-order valence-electron chi connectivity index (χ0n) is 14.4. The average molecular weight is 322 g/mol. The van der Waals surface area contributed by atoms with E-state index in [0.717, 1.165) is 5.56 Å². The Morgan fingerprint density at radius 2 is 1.91 bits per heavy atom. The van der Waals surface area contributed by atoms with Gasteiger partial charge in [-0.05, 0) is 37.0 Å². The molecule has 0 saturated heterocycles. The fourth-order valence-corrected chi connectivity index (χ4v) is 2.21. The van der Waals surface area contributed by atoms with E-state index >= 15 is 0 Å². The van der Waals surface area contributed by atoms with Gasteiger partial charge in [0.05, 0.1) is 26.5 Å². The van der Waals surface area contributed by atoms with Crippen LogP contribution in [-0.4, -0.2) is 38.7 Å². The highest BCUT2D eigenvalue weighted by Crippen LogP contribution is 2.24. The first-order chi connectivity index (χ1) is 10.9. The maximum Gasteiger partial charge on any atom is 0.322 e. The van der Waals surface area contributed by atoms with Gasteiger partial charge in [-0.15, -0.1) is 0 Å². The van der Waals surface area contributed by atoms with Crippen LogP contribution in [0, 0.1) is 12.8 Å². The molecule has 0 bridgehead atoms.